The number of carbonyl (C=O) groups excluding carboxylic acids is 6. The third-order valence-corrected chi connectivity index (χ3v) is 10.8. The van der Waals surface area contributed by atoms with Crippen LogP contribution in [0.4, 0.5) is 15.3 Å². The lowest BCUT2D eigenvalue weighted by molar-refractivity contribution is -0.141. The number of nitrogens with zero attached hydrogens (tertiary/aromatic N) is 1. The Morgan fingerprint density at radius 2 is 1.79 bits per heavy atom. The lowest BCUT2D eigenvalue weighted by atomic mass is 10.1. The molecule has 4 N–H and O–H groups in total. The SMILES string of the molecule is COC(=O)c1ccccc1NC(=O)O[C@@H]1C[C@H]2C(=O)N[C@]3(C(=O)NS(=O)(=O)C4CC4)C[C@H]3/C=C\COCCC[C@H](NC(=O)OC(C)(C)C)C(=O)N2C1. The van der Waals surface area contributed by atoms with Gasteiger partial charge in [0.05, 0.1) is 36.8 Å². The van der Waals surface area contributed by atoms with Gasteiger partial charge in [-0.3, -0.25) is 24.4 Å². The number of alkyl carbamates (subject to hydrolysis) is 1. The number of rotatable bonds is 7. The van der Waals surface area contributed by atoms with Crippen LogP contribution in [0.2, 0.25) is 0 Å². The minimum absolute atomic E-state index is 0.0657. The largest absolute Gasteiger partial charge is 0.465 e. The molecule has 1 aromatic carbocycles. The minimum atomic E-state index is -3.96. The second-order valence-electron chi connectivity index (χ2n) is 14.2. The van der Waals surface area contributed by atoms with Gasteiger partial charge in [0.15, 0.2) is 0 Å². The van der Waals surface area contributed by atoms with E-state index in [-0.39, 0.29) is 50.3 Å². The number of methoxy groups -OCH3 is 1. The molecule has 0 unspecified atom stereocenters. The molecule has 2 saturated carbocycles. The summed E-state index contributed by atoms with van der Waals surface area (Å²) in [4.78, 5) is 81.2. The van der Waals surface area contributed by atoms with Crippen LogP contribution in [-0.2, 0) is 43.4 Å². The predicted molar refractivity (Wildman–Crippen MR) is 183 cm³/mol. The molecule has 52 heavy (non-hydrogen) atoms. The van der Waals surface area contributed by atoms with E-state index in [1.807, 2.05) is 0 Å². The van der Waals surface area contributed by atoms with Crippen LogP contribution in [-0.4, -0.2) is 111 Å². The first kappa shape index (κ1) is 38.5. The van der Waals surface area contributed by atoms with Crippen molar-refractivity contribution in [2.24, 2.45) is 5.92 Å². The maximum absolute atomic E-state index is 14.2. The first-order valence-corrected chi connectivity index (χ1v) is 18.6. The van der Waals surface area contributed by atoms with Crippen LogP contribution in [0, 0.1) is 5.92 Å². The van der Waals surface area contributed by atoms with Crippen molar-refractivity contribution in [3.05, 3.63) is 42.0 Å². The predicted octanol–water partition coefficient (Wildman–Crippen LogP) is 1.73. The van der Waals surface area contributed by atoms with Crippen LogP contribution >= 0.6 is 0 Å². The summed E-state index contributed by atoms with van der Waals surface area (Å²) in [6.07, 6.45) is 1.62. The summed E-state index contributed by atoms with van der Waals surface area (Å²) in [6.45, 7) is 5.08. The fourth-order valence-electron chi connectivity index (χ4n) is 6.18. The van der Waals surface area contributed by atoms with Crippen molar-refractivity contribution >= 4 is 51.6 Å². The molecule has 0 radical (unpaired) electrons. The number of hydrogen-bond acceptors (Lipinski definition) is 12. The van der Waals surface area contributed by atoms with E-state index in [2.05, 4.69) is 20.7 Å². The highest BCUT2D eigenvalue weighted by molar-refractivity contribution is 7.91. The number of anilines is 1. The van der Waals surface area contributed by atoms with Gasteiger partial charge in [-0.25, -0.2) is 22.8 Å². The highest BCUT2D eigenvalue weighted by atomic mass is 32.2. The topological polar surface area (TPSA) is 225 Å². The van der Waals surface area contributed by atoms with Crippen LogP contribution in [0.3, 0.4) is 0 Å². The van der Waals surface area contributed by atoms with Gasteiger partial charge in [-0.15, -0.1) is 0 Å². The summed E-state index contributed by atoms with van der Waals surface area (Å²) >= 11 is 0. The second-order valence-corrected chi connectivity index (χ2v) is 16.2. The molecule has 18 heteroatoms. The third kappa shape index (κ3) is 9.39. The lowest BCUT2D eigenvalue weighted by Crippen LogP contribution is -2.58. The molecule has 3 fully saturated rings. The summed E-state index contributed by atoms with van der Waals surface area (Å²) in [6, 6.07) is 3.60. The average Bonchev–Trinajstić information content (AvgIpc) is 3.99. The Bertz CT molecular complexity index is 1720. The van der Waals surface area contributed by atoms with E-state index in [0.29, 0.717) is 19.3 Å². The number of hydrogen-bond donors (Lipinski definition) is 4. The molecule has 2 aliphatic carbocycles. The van der Waals surface area contributed by atoms with Crippen molar-refractivity contribution in [1.82, 2.24) is 20.3 Å². The van der Waals surface area contributed by atoms with E-state index in [0.717, 1.165) is 4.90 Å². The smallest absolute Gasteiger partial charge is 0.411 e. The standard InChI is InChI=1S/C34H45N5O12S/c1-33(2,3)51-32(45)36-25-12-8-16-49-15-7-9-20-18-34(20,30(43)38-52(46,47)22-13-14-22)37-27(40)26-17-21(19-39(26)28(25)41)50-31(44)35-24-11-6-5-10-23(24)29(42)48-4/h5-7,9-11,20-22,25-26H,8,12-19H2,1-4H3,(H,35,44)(H,36,45)(H,37,40)(H,38,43)/b9-7-/t20-,21-,25+,26+,34-/m1/s1. The number of esters is 1. The van der Waals surface area contributed by atoms with Crippen LogP contribution in [0.5, 0.6) is 0 Å². The van der Waals surface area contributed by atoms with Gasteiger partial charge >= 0.3 is 18.2 Å². The Labute approximate surface area is 301 Å². The highest BCUT2D eigenvalue weighted by Crippen LogP contribution is 2.46. The van der Waals surface area contributed by atoms with Crippen molar-refractivity contribution < 1.29 is 56.1 Å². The third-order valence-electron chi connectivity index (χ3n) is 9.01. The van der Waals surface area contributed by atoms with Gasteiger partial charge < -0.3 is 34.5 Å². The van der Waals surface area contributed by atoms with E-state index in [9.17, 15) is 37.2 Å². The number of amides is 5. The molecule has 0 aromatic heterocycles. The minimum Gasteiger partial charge on any atom is -0.465 e. The molecule has 1 saturated heterocycles. The molecular weight excluding hydrogens is 702 g/mol. The zero-order valence-corrected chi connectivity index (χ0v) is 30.3. The molecule has 5 amide bonds. The van der Waals surface area contributed by atoms with Gasteiger partial charge in [0.1, 0.15) is 29.3 Å². The second kappa shape index (κ2) is 15.5. The molecule has 4 aliphatic rings. The van der Waals surface area contributed by atoms with E-state index >= 15 is 0 Å². The fraction of sp³-hybridized carbons (Fsp3) is 0.588. The zero-order chi connectivity index (χ0) is 37.8. The highest BCUT2D eigenvalue weighted by Gasteiger charge is 2.62. The summed E-state index contributed by atoms with van der Waals surface area (Å²) in [5.74, 6) is -3.63. The zero-order valence-electron chi connectivity index (χ0n) is 29.5. The van der Waals surface area contributed by atoms with E-state index in [1.54, 1.807) is 45.1 Å². The molecule has 5 atom stereocenters. The first-order valence-electron chi connectivity index (χ1n) is 17.1. The van der Waals surface area contributed by atoms with Gasteiger partial charge in [0.25, 0.3) is 5.91 Å². The van der Waals surface area contributed by atoms with Gasteiger partial charge in [-0.2, -0.15) is 0 Å². The monoisotopic (exact) mass is 747 g/mol. The van der Waals surface area contributed by atoms with E-state index in [1.165, 1.54) is 19.2 Å². The number of para-hydroxylation sites is 1. The summed E-state index contributed by atoms with van der Waals surface area (Å²) in [5, 5.41) is 7.12. The lowest BCUT2D eigenvalue weighted by Gasteiger charge is -2.30. The van der Waals surface area contributed by atoms with Crippen LogP contribution in [0.15, 0.2) is 36.4 Å². The number of fused-ring (bicyclic) bond motifs is 2. The van der Waals surface area contributed by atoms with Crippen molar-refractivity contribution in [3.8, 4) is 0 Å². The molecule has 17 nitrogen and oxygen atoms in total. The molecule has 5 rings (SSSR count). The Balaban J connectivity index is 1.41. The van der Waals surface area contributed by atoms with Gasteiger partial charge in [-0.1, -0.05) is 24.3 Å². The van der Waals surface area contributed by atoms with Gasteiger partial charge in [-0.05, 0) is 65.0 Å². The number of sulfonamides is 1. The Kier molecular flexibility index (Phi) is 11.5. The summed E-state index contributed by atoms with van der Waals surface area (Å²) in [5.41, 5.74) is -2.34. The average molecular weight is 748 g/mol. The molecule has 1 aromatic rings. The number of benzene rings is 1. The number of ether oxygens (including phenoxy) is 4. The number of nitrogens with one attached hydrogen (secondary N) is 4. The van der Waals surface area contributed by atoms with Crippen LogP contribution in [0.1, 0.15) is 69.7 Å². The van der Waals surface area contributed by atoms with Gasteiger partial charge in [0, 0.05) is 18.9 Å². The van der Waals surface area contributed by atoms with Crippen LogP contribution < -0.4 is 20.7 Å². The van der Waals surface area contributed by atoms with E-state index < -0.39 is 86.4 Å². The van der Waals surface area contributed by atoms with E-state index in [4.69, 9.17) is 18.9 Å². The molecule has 284 valence electrons. The number of carbonyl (C=O) groups is 6. The first-order chi connectivity index (χ1) is 24.5. The Morgan fingerprint density at radius 1 is 1.06 bits per heavy atom. The summed E-state index contributed by atoms with van der Waals surface area (Å²) in [7, 11) is -2.77. The summed E-state index contributed by atoms with van der Waals surface area (Å²) < 4.78 is 49.0. The maximum Gasteiger partial charge on any atom is 0.411 e. The quantitative estimate of drug-likeness (QED) is 0.178. The molecule has 0 bridgehead atoms. The van der Waals surface area contributed by atoms with Crippen molar-refractivity contribution in [2.75, 3.05) is 32.2 Å². The Hall–Kier alpha value is -4.71. The molecule has 0 spiro atoms. The van der Waals surface area contributed by atoms with Crippen molar-refractivity contribution in [3.63, 3.8) is 0 Å². The van der Waals surface area contributed by atoms with Crippen molar-refractivity contribution in [1.29, 1.82) is 0 Å². The maximum atomic E-state index is 14.2. The molecule has 2 aliphatic heterocycles. The molecular formula is C34H45N5O12S. The van der Waals surface area contributed by atoms with Gasteiger partial charge in [0.2, 0.25) is 21.8 Å². The fourth-order valence-corrected chi connectivity index (χ4v) is 7.54. The molecule has 2 heterocycles. The van der Waals surface area contributed by atoms with Crippen molar-refractivity contribution in [2.45, 2.75) is 93.9 Å². The normalized spacial score (nSPS) is 27.3. The van der Waals surface area contributed by atoms with Crippen LogP contribution in [0.25, 0.3) is 0 Å². The Morgan fingerprint density at radius 3 is 2.48 bits per heavy atom.